The van der Waals surface area contributed by atoms with Crippen molar-refractivity contribution in [3.05, 3.63) is 29.6 Å². The topological polar surface area (TPSA) is 24.9 Å². The normalized spacial score (nSPS) is 14.8. The number of aromatic nitrogens is 1. The lowest BCUT2D eigenvalue weighted by atomic mass is 9.81. The molecule has 1 heterocycles. The Balaban J connectivity index is 3.30. The smallest absolute Gasteiger partial charge is 0.312 e. The average Bonchev–Trinajstić information content (AvgIpc) is 2.15. The number of hydrogen-bond donors (Lipinski definition) is 1. The third-order valence-corrected chi connectivity index (χ3v) is 2.62. The minimum Gasteiger partial charge on any atom is -0.312 e. The van der Waals surface area contributed by atoms with Crippen LogP contribution in [0.4, 0.5) is 13.2 Å². The lowest BCUT2D eigenvalue weighted by molar-refractivity contribution is -0.138. The number of alkyl halides is 3. The number of pyridine rings is 1. The van der Waals surface area contributed by atoms with Crippen LogP contribution in [0.15, 0.2) is 18.5 Å². The van der Waals surface area contributed by atoms with Crippen LogP contribution in [0, 0.1) is 5.41 Å². The predicted molar refractivity (Wildman–Crippen MR) is 60.5 cm³/mol. The average molecular weight is 246 g/mol. The first-order valence-electron chi connectivity index (χ1n) is 5.36. The Labute approximate surface area is 99.3 Å². The first-order valence-corrected chi connectivity index (χ1v) is 5.36. The van der Waals surface area contributed by atoms with Gasteiger partial charge in [-0.05, 0) is 18.5 Å². The third-order valence-electron chi connectivity index (χ3n) is 2.62. The summed E-state index contributed by atoms with van der Waals surface area (Å²) in [5.41, 5.74) is -0.755. The van der Waals surface area contributed by atoms with E-state index in [4.69, 9.17) is 0 Å². The van der Waals surface area contributed by atoms with Gasteiger partial charge in [0.2, 0.25) is 0 Å². The number of nitrogens with one attached hydrogen (secondary N) is 1. The van der Waals surface area contributed by atoms with Gasteiger partial charge in [0.1, 0.15) is 0 Å². The molecule has 0 radical (unpaired) electrons. The van der Waals surface area contributed by atoms with Gasteiger partial charge in [0, 0.05) is 24.0 Å². The van der Waals surface area contributed by atoms with E-state index in [0.717, 1.165) is 6.07 Å². The second kappa shape index (κ2) is 4.64. The molecule has 0 saturated carbocycles. The molecule has 96 valence electrons. The van der Waals surface area contributed by atoms with Crippen molar-refractivity contribution >= 4 is 0 Å². The van der Waals surface area contributed by atoms with E-state index >= 15 is 0 Å². The standard InChI is InChI=1S/C12H17F3N2/c1-11(2,3)10(16-4)8-7-17-6-5-9(8)12(13,14)15/h5-7,10,16H,1-4H3. The molecule has 1 rings (SSSR count). The van der Waals surface area contributed by atoms with E-state index in [1.54, 1.807) is 7.05 Å². The number of halogens is 3. The first kappa shape index (κ1) is 14.0. The van der Waals surface area contributed by atoms with Gasteiger partial charge in [-0.25, -0.2) is 0 Å². The second-order valence-electron chi connectivity index (χ2n) is 5.05. The van der Waals surface area contributed by atoms with Crippen LogP contribution in [-0.2, 0) is 6.18 Å². The lowest BCUT2D eigenvalue weighted by Gasteiger charge is -2.32. The van der Waals surface area contributed by atoms with Gasteiger partial charge in [-0.1, -0.05) is 20.8 Å². The van der Waals surface area contributed by atoms with Crippen molar-refractivity contribution in [2.45, 2.75) is 33.0 Å². The van der Waals surface area contributed by atoms with Gasteiger partial charge in [0.15, 0.2) is 0 Å². The molecule has 1 atom stereocenters. The van der Waals surface area contributed by atoms with Crippen LogP contribution in [0.2, 0.25) is 0 Å². The third kappa shape index (κ3) is 3.19. The van der Waals surface area contributed by atoms with Crippen molar-refractivity contribution in [1.29, 1.82) is 0 Å². The molecular weight excluding hydrogens is 229 g/mol. The highest BCUT2D eigenvalue weighted by molar-refractivity contribution is 5.30. The van der Waals surface area contributed by atoms with Crippen LogP contribution in [0.3, 0.4) is 0 Å². The maximum atomic E-state index is 12.9. The number of hydrogen-bond acceptors (Lipinski definition) is 2. The van der Waals surface area contributed by atoms with Gasteiger partial charge in [-0.3, -0.25) is 4.98 Å². The minimum atomic E-state index is -4.35. The van der Waals surface area contributed by atoms with Gasteiger partial charge in [-0.15, -0.1) is 0 Å². The summed E-state index contributed by atoms with van der Waals surface area (Å²) in [6.07, 6.45) is -1.89. The molecule has 1 unspecified atom stereocenters. The highest BCUT2D eigenvalue weighted by Gasteiger charge is 2.37. The van der Waals surface area contributed by atoms with Crippen LogP contribution in [0.25, 0.3) is 0 Å². The summed E-state index contributed by atoms with van der Waals surface area (Å²) in [6.45, 7) is 5.67. The molecule has 0 amide bonds. The van der Waals surface area contributed by atoms with E-state index in [9.17, 15) is 13.2 Å². The monoisotopic (exact) mass is 246 g/mol. The molecule has 0 spiro atoms. The molecule has 5 heteroatoms. The van der Waals surface area contributed by atoms with Gasteiger partial charge in [0.25, 0.3) is 0 Å². The Morgan fingerprint density at radius 2 is 1.82 bits per heavy atom. The molecule has 0 fully saturated rings. The van der Waals surface area contributed by atoms with Crippen LogP contribution in [-0.4, -0.2) is 12.0 Å². The second-order valence-corrected chi connectivity index (χ2v) is 5.05. The zero-order valence-electron chi connectivity index (χ0n) is 10.4. The fourth-order valence-corrected chi connectivity index (χ4v) is 1.95. The molecule has 0 bridgehead atoms. The van der Waals surface area contributed by atoms with E-state index in [1.807, 2.05) is 20.8 Å². The summed E-state index contributed by atoms with van der Waals surface area (Å²) >= 11 is 0. The van der Waals surface area contributed by atoms with Crippen molar-refractivity contribution in [1.82, 2.24) is 10.3 Å². The summed E-state index contributed by atoms with van der Waals surface area (Å²) in [7, 11) is 1.66. The Kier molecular flexibility index (Phi) is 3.81. The van der Waals surface area contributed by atoms with E-state index in [1.165, 1.54) is 12.4 Å². The van der Waals surface area contributed by atoms with Crippen LogP contribution >= 0.6 is 0 Å². The Hall–Kier alpha value is -1.10. The van der Waals surface area contributed by atoms with Gasteiger partial charge >= 0.3 is 6.18 Å². The Morgan fingerprint density at radius 3 is 2.24 bits per heavy atom. The SMILES string of the molecule is CNC(c1cnccc1C(F)(F)F)C(C)(C)C. The van der Waals surface area contributed by atoms with E-state index < -0.39 is 17.8 Å². The van der Waals surface area contributed by atoms with Crippen molar-refractivity contribution in [2.75, 3.05) is 7.05 Å². The maximum Gasteiger partial charge on any atom is 0.416 e. The van der Waals surface area contributed by atoms with Crippen molar-refractivity contribution < 1.29 is 13.2 Å². The van der Waals surface area contributed by atoms with Crippen molar-refractivity contribution in [2.24, 2.45) is 5.41 Å². The van der Waals surface area contributed by atoms with E-state index in [0.29, 0.717) is 0 Å². The van der Waals surface area contributed by atoms with Crippen LogP contribution in [0.5, 0.6) is 0 Å². The summed E-state index contributed by atoms with van der Waals surface area (Å²) in [6, 6.07) is 0.624. The minimum absolute atomic E-state index is 0.190. The zero-order valence-corrected chi connectivity index (χ0v) is 10.4. The Morgan fingerprint density at radius 1 is 1.24 bits per heavy atom. The molecule has 17 heavy (non-hydrogen) atoms. The first-order chi connectivity index (χ1) is 7.68. The Bertz CT molecular complexity index is 380. The summed E-state index contributed by atoms with van der Waals surface area (Å²) in [5, 5.41) is 2.93. The van der Waals surface area contributed by atoms with Gasteiger partial charge in [0.05, 0.1) is 5.56 Å². The summed E-state index contributed by atoms with van der Waals surface area (Å²) in [5.74, 6) is 0. The molecular formula is C12H17F3N2. The van der Waals surface area contributed by atoms with Gasteiger partial charge in [-0.2, -0.15) is 13.2 Å². The van der Waals surface area contributed by atoms with Gasteiger partial charge < -0.3 is 5.32 Å². The van der Waals surface area contributed by atoms with Crippen LogP contribution in [0.1, 0.15) is 37.9 Å². The van der Waals surface area contributed by atoms with E-state index in [2.05, 4.69) is 10.3 Å². The molecule has 1 N–H and O–H groups in total. The predicted octanol–water partition coefficient (Wildman–Crippen LogP) is 3.41. The van der Waals surface area contributed by atoms with E-state index in [-0.39, 0.29) is 11.0 Å². The summed E-state index contributed by atoms with van der Waals surface area (Å²) in [4.78, 5) is 3.80. The molecule has 1 aromatic rings. The highest BCUT2D eigenvalue weighted by atomic mass is 19.4. The molecule has 0 aliphatic carbocycles. The molecule has 0 aliphatic heterocycles. The number of rotatable bonds is 2. The number of nitrogens with zero attached hydrogens (tertiary/aromatic N) is 1. The fraction of sp³-hybridized carbons (Fsp3) is 0.583. The molecule has 2 nitrogen and oxygen atoms in total. The summed E-state index contributed by atoms with van der Waals surface area (Å²) < 4.78 is 38.6. The fourth-order valence-electron chi connectivity index (χ4n) is 1.95. The molecule has 0 aliphatic rings. The molecule has 0 aromatic carbocycles. The van der Waals surface area contributed by atoms with Crippen molar-refractivity contribution in [3.8, 4) is 0 Å². The quantitative estimate of drug-likeness (QED) is 0.865. The van der Waals surface area contributed by atoms with Crippen LogP contribution < -0.4 is 5.32 Å². The zero-order chi connectivity index (χ0) is 13.3. The largest absolute Gasteiger partial charge is 0.416 e. The highest BCUT2D eigenvalue weighted by Crippen LogP contribution is 2.39. The molecule has 0 saturated heterocycles. The maximum absolute atomic E-state index is 12.9. The lowest BCUT2D eigenvalue weighted by Crippen LogP contribution is -2.31. The van der Waals surface area contributed by atoms with Crippen molar-refractivity contribution in [3.63, 3.8) is 0 Å². The molecule has 1 aromatic heterocycles.